The van der Waals surface area contributed by atoms with Crippen LogP contribution < -0.4 is 5.32 Å². The van der Waals surface area contributed by atoms with Crippen molar-refractivity contribution >= 4 is 16.5 Å². The zero-order chi connectivity index (χ0) is 11.4. The van der Waals surface area contributed by atoms with Gasteiger partial charge in [-0.15, -0.1) is 0 Å². The van der Waals surface area contributed by atoms with E-state index in [4.69, 9.17) is 0 Å². The first-order valence-electron chi connectivity index (χ1n) is 4.90. The Hall–Kier alpha value is -1.62. The molecule has 1 aromatic heterocycles. The largest absolute Gasteiger partial charge is 0.379 e. The Morgan fingerprint density at radius 3 is 2.69 bits per heavy atom. The van der Waals surface area contributed by atoms with Crippen LogP contribution in [-0.2, 0) is 17.3 Å². The van der Waals surface area contributed by atoms with Gasteiger partial charge in [0.25, 0.3) is 0 Å². The molecule has 0 spiro atoms. The Bertz CT molecular complexity index is 464. The molecule has 0 saturated carbocycles. The van der Waals surface area contributed by atoms with Crippen molar-refractivity contribution in [3.8, 4) is 0 Å². The molecule has 2 rings (SSSR count). The molecule has 0 fully saturated rings. The zero-order valence-electron chi connectivity index (χ0n) is 8.93. The molecule has 0 amide bonds. The fourth-order valence-electron chi connectivity index (χ4n) is 1.34. The lowest BCUT2D eigenvalue weighted by Crippen LogP contribution is -1.99. The topological polar surface area (TPSA) is 57.8 Å². The minimum Gasteiger partial charge on any atom is -0.379 e. The number of benzene rings is 1. The standard InChI is InChI=1S/C11H13N3OS/c1-16(15)11-4-2-9(3-5-11)13-7-10-6-12-8-14-10/h2-6,8,13H,7H2,1H3,(H,12,14). The van der Waals surface area contributed by atoms with Crippen molar-refractivity contribution in [1.29, 1.82) is 0 Å². The lowest BCUT2D eigenvalue weighted by Gasteiger charge is -2.05. The minimum atomic E-state index is -0.915. The number of nitrogens with zero attached hydrogens (tertiary/aromatic N) is 1. The van der Waals surface area contributed by atoms with Crippen molar-refractivity contribution in [2.45, 2.75) is 11.4 Å². The first kappa shape index (κ1) is 10.9. The fraction of sp³-hybridized carbons (Fsp3) is 0.182. The van der Waals surface area contributed by atoms with E-state index in [0.717, 1.165) is 16.3 Å². The molecule has 4 nitrogen and oxygen atoms in total. The molecule has 2 N–H and O–H groups in total. The number of aromatic amines is 1. The van der Waals surface area contributed by atoms with E-state index >= 15 is 0 Å². The van der Waals surface area contributed by atoms with E-state index in [1.807, 2.05) is 24.3 Å². The summed E-state index contributed by atoms with van der Waals surface area (Å²) < 4.78 is 11.2. The summed E-state index contributed by atoms with van der Waals surface area (Å²) >= 11 is 0. The molecule has 84 valence electrons. The predicted molar refractivity (Wildman–Crippen MR) is 64.7 cm³/mol. The number of hydrogen-bond acceptors (Lipinski definition) is 3. The van der Waals surface area contributed by atoms with Gasteiger partial charge < -0.3 is 10.3 Å². The van der Waals surface area contributed by atoms with Gasteiger partial charge in [-0.25, -0.2) is 4.98 Å². The van der Waals surface area contributed by atoms with Crippen LogP contribution in [0.2, 0.25) is 0 Å². The molecule has 1 unspecified atom stereocenters. The van der Waals surface area contributed by atoms with Gasteiger partial charge in [-0.3, -0.25) is 4.21 Å². The summed E-state index contributed by atoms with van der Waals surface area (Å²) in [5.74, 6) is 0. The molecular weight excluding hydrogens is 222 g/mol. The molecule has 16 heavy (non-hydrogen) atoms. The average molecular weight is 235 g/mol. The molecular formula is C11H13N3OS. The maximum absolute atomic E-state index is 11.2. The maximum Gasteiger partial charge on any atom is 0.0922 e. The molecule has 0 aliphatic heterocycles. The molecule has 2 aromatic rings. The Kier molecular flexibility index (Phi) is 3.36. The highest BCUT2D eigenvalue weighted by atomic mass is 32.2. The van der Waals surface area contributed by atoms with E-state index in [1.165, 1.54) is 0 Å². The van der Waals surface area contributed by atoms with Gasteiger partial charge in [-0.2, -0.15) is 0 Å². The number of imidazole rings is 1. The van der Waals surface area contributed by atoms with Gasteiger partial charge in [-0.1, -0.05) is 0 Å². The van der Waals surface area contributed by atoms with Crippen molar-refractivity contribution in [3.05, 3.63) is 42.5 Å². The molecule has 0 aliphatic carbocycles. The summed E-state index contributed by atoms with van der Waals surface area (Å²) in [6, 6.07) is 7.58. The molecule has 0 saturated heterocycles. The summed E-state index contributed by atoms with van der Waals surface area (Å²) in [7, 11) is -0.915. The highest BCUT2D eigenvalue weighted by Crippen LogP contribution is 2.12. The van der Waals surface area contributed by atoms with Crippen molar-refractivity contribution in [2.24, 2.45) is 0 Å². The predicted octanol–water partition coefficient (Wildman–Crippen LogP) is 1.76. The average Bonchev–Trinajstić information content (AvgIpc) is 2.80. The molecule has 0 bridgehead atoms. The third-order valence-corrected chi connectivity index (χ3v) is 3.16. The van der Waals surface area contributed by atoms with Gasteiger partial charge in [0, 0.05) is 33.8 Å². The van der Waals surface area contributed by atoms with Crippen LogP contribution in [0.3, 0.4) is 0 Å². The van der Waals surface area contributed by atoms with E-state index in [1.54, 1.807) is 18.8 Å². The van der Waals surface area contributed by atoms with Crippen LogP contribution in [0.15, 0.2) is 41.7 Å². The summed E-state index contributed by atoms with van der Waals surface area (Å²) in [6.07, 6.45) is 5.11. The minimum absolute atomic E-state index is 0.703. The first-order valence-corrected chi connectivity index (χ1v) is 6.46. The number of aromatic nitrogens is 2. The van der Waals surface area contributed by atoms with E-state index in [0.29, 0.717) is 6.54 Å². The number of nitrogens with one attached hydrogen (secondary N) is 2. The van der Waals surface area contributed by atoms with E-state index in [-0.39, 0.29) is 0 Å². The normalized spacial score (nSPS) is 12.3. The van der Waals surface area contributed by atoms with Crippen LogP contribution in [0.25, 0.3) is 0 Å². The zero-order valence-corrected chi connectivity index (χ0v) is 9.75. The first-order chi connectivity index (χ1) is 7.75. The third kappa shape index (κ3) is 2.70. The second-order valence-electron chi connectivity index (χ2n) is 3.41. The fourth-order valence-corrected chi connectivity index (χ4v) is 1.86. The van der Waals surface area contributed by atoms with Gasteiger partial charge in [0.1, 0.15) is 0 Å². The SMILES string of the molecule is CS(=O)c1ccc(NCc2cnc[nH]2)cc1. The van der Waals surface area contributed by atoms with E-state index < -0.39 is 10.8 Å². The highest BCUT2D eigenvalue weighted by Gasteiger charge is 1.98. The van der Waals surface area contributed by atoms with Gasteiger partial charge in [0.2, 0.25) is 0 Å². The summed E-state index contributed by atoms with van der Waals surface area (Å²) in [5.41, 5.74) is 2.03. The summed E-state index contributed by atoms with van der Waals surface area (Å²) in [6.45, 7) is 0.703. The van der Waals surface area contributed by atoms with Crippen molar-refractivity contribution in [1.82, 2.24) is 9.97 Å². The maximum atomic E-state index is 11.2. The van der Waals surface area contributed by atoms with E-state index in [9.17, 15) is 4.21 Å². The third-order valence-electron chi connectivity index (χ3n) is 2.22. The molecule has 1 atom stereocenters. The molecule has 1 aromatic carbocycles. The van der Waals surface area contributed by atoms with Crippen molar-refractivity contribution in [3.63, 3.8) is 0 Å². The molecule has 5 heteroatoms. The summed E-state index contributed by atoms with van der Waals surface area (Å²) in [5, 5.41) is 3.24. The van der Waals surface area contributed by atoms with Gasteiger partial charge in [-0.05, 0) is 24.3 Å². The lowest BCUT2D eigenvalue weighted by molar-refractivity contribution is 0.687. The molecule has 1 heterocycles. The monoisotopic (exact) mass is 235 g/mol. The van der Waals surface area contributed by atoms with Crippen LogP contribution in [0.1, 0.15) is 5.69 Å². The van der Waals surface area contributed by atoms with E-state index in [2.05, 4.69) is 15.3 Å². The Morgan fingerprint density at radius 2 is 2.12 bits per heavy atom. The van der Waals surface area contributed by atoms with Crippen molar-refractivity contribution < 1.29 is 4.21 Å². The van der Waals surface area contributed by atoms with Crippen LogP contribution in [0.4, 0.5) is 5.69 Å². The Morgan fingerprint density at radius 1 is 1.38 bits per heavy atom. The molecule has 0 aliphatic rings. The van der Waals surface area contributed by atoms with Gasteiger partial charge >= 0.3 is 0 Å². The van der Waals surface area contributed by atoms with Crippen LogP contribution in [0, 0.1) is 0 Å². The van der Waals surface area contributed by atoms with Crippen molar-refractivity contribution in [2.75, 3.05) is 11.6 Å². The van der Waals surface area contributed by atoms with Crippen LogP contribution in [-0.4, -0.2) is 20.4 Å². The van der Waals surface area contributed by atoms with Gasteiger partial charge in [0.05, 0.1) is 18.6 Å². The quantitative estimate of drug-likeness (QED) is 0.849. The highest BCUT2D eigenvalue weighted by molar-refractivity contribution is 7.84. The number of H-pyrrole nitrogens is 1. The second kappa shape index (κ2) is 4.94. The van der Waals surface area contributed by atoms with Crippen LogP contribution >= 0.6 is 0 Å². The number of anilines is 1. The smallest absolute Gasteiger partial charge is 0.0922 e. The number of rotatable bonds is 4. The Balaban J connectivity index is 1.98. The summed E-state index contributed by atoms with van der Waals surface area (Å²) in [4.78, 5) is 7.79. The van der Waals surface area contributed by atoms with Crippen LogP contribution in [0.5, 0.6) is 0 Å². The van der Waals surface area contributed by atoms with Gasteiger partial charge in [0.15, 0.2) is 0 Å². The Labute approximate surface area is 96.6 Å². The lowest BCUT2D eigenvalue weighted by atomic mass is 10.3. The second-order valence-corrected chi connectivity index (χ2v) is 4.79. The molecule has 0 radical (unpaired) electrons. The number of hydrogen-bond donors (Lipinski definition) is 2.